The minimum absolute atomic E-state index is 0.0919. The lowest BCUT2D eigenvalue weighted by Gasteiger charge is -2.35. The first-order valence-electron chi connectivity index (χ1n) is 10.4. The maximum absolute atomic E-state index is 12.4. The molecule has 0 saturated carbocycles. The standard InChI is InChI=1S/C22H25N7O3/c1-17-9-10-29(26-17)20-8-7-19(24-25-20)27-11-13-28(14-12-27)21(30)15-23-22(31)32-16-18-5-3-2-4-6-18/h2-10H,11-16H2,1H3,(H,23,31). The van der Waals surface area contributed by atoms with Crippen molar-refractivity contribution in [1.29, 1.82) is 0 Å². The van der Waals surface area contributed by atoms with E-state index in [4.69, 9.17) is 4.74 Å². The van der Waals surface area contributed by atoms with Crippen molar-refractivity contribution in [3.05, 3.63) is 66.0 Å². The third-order valence-corrected chi connectivity index (χ3v) is 5.15. The molecule has 10 heteroatoms. The van der Waals surface area contributed by atoms with E-state index in [1.54, 1.807) is 9.58 Å². The zero-order valence-electron chi connectivity index (χ0n) is 17.8. The van der Waals surface area contributed by atoms with E-state index >= 15 is 0 Å². The van der Waals surface area contributed by atoms with Crippen LogP contribution in [0.5, 0.6) is 0 Å². The number of aryl methyl sites for hydroxylation is 1. The number of carbonyl (C=O) groups excluding carboxylic acids is 2. The van der Waals surface area contributed by atoms with Crippen LogP contribution in [0.4, 0.5) is 10.6 Å². The summed E-state index contributed by atoms with van der Waals surface area (Å²) >= 11 is 0. The van der Waals surface area contributed by atoms with E-state index in [1.807, 2.05) is 61.7 Å². The van der Waals surface area contributed by atoms with Crippen LogP contribution in [0.25, 0.3) is 5.82 Å². The third-order valence-electron chi connectivity index (χ3n) is 5.15. The lowest BCUT2D eigenvalue weighted by atomic mass is 10.2. The topological polar surface area (TPSA) is 105 Å². The van der Waals surface area contributed by atoms with Gasteiger partial charge < -0.3 is 19.9 Å². The van der Waals surface area contributed by atoms with Crippen LogP contribution in [-0.4, -0.2) is 69.6 Å². The molecule has 1 aliphatic rings. The quantitative estimate of drug-likeness (QED) is 0.626. The van der Waals surface area contributed by atoms with Crippen molar-refractivity contribution in [3.8, 4) is 5.82 Å². The number of amides is 2. The predicted octanol–water partition coefficient (Wildman–Crippen LogP) is 1.55. The van der Waals surface area contributed by atoms with Crippen LogP contribution in [0, 0.1) is 6.92 Å². The molecule has 2 aromatic heterocycles. The molecule has 4 rings (SSSR count). The van der Waals surface area contributed by atoms with Crippen molar-refractivity contribution < 1.29 is 14.3 Å². The Bertz CT molecular complexity index is 1040. The molecule has 1 saturated heterocycles. The van der Waals surface area contributed by atoms with Crippen LogP contribution < -0.4 is 10.2 Å². The summed E-state index contributed by atoms with van der Waals surface area (Å²) in [5, 5.41) is 15.4. The van der Waals surface area contributed by atoms with Crippen molar-refractivity contribution >= 4 is 17.8 Å². The van der Waals surface area contributed by atoms with Crippen molar-refractivity contribution in [2.75, 3.05) is 37.6 Å². The molecule has 1 aliphatic heterocycles. The Morgan fingerprint density at radius 2 is 1.69 bits per heavy atom. The molecule has 1 aromatic carbocycles. The van der Waals surface area contributed by atoms with Gasteiger partial charge in [-0.25, -0.2) is 9.48 Å². The zero-order chi connectivity index (χ0) is 22.3. The average molecular weight is 435 g/mol. The summed E-state index contributed by atoms with van der Waals surface area (Å²) < 4.78 is 6.81. The highest BCUT2D eigenvalue weighted by Crippen LogP contribution is 2.14. The predicted molar refractivity (Wildman–Crippen MR) is 117 cm³/mol. The van der Waals surface area contributed by atoms with Crippen molar-refractivity contribution in [2.24, 2.45) is 0 Å². The number of benzene rings is 1. The van der Waals surface area contributed by atoms with E-state index in [0.29, 0.717) is 32.0 Å². The number of ether oxygens (including phenoxy) is 1. The molecular weight excluding hydrogens is 410 g/mol. The van der Waals surface area contributed by atoms with Gasteiger partial charge in [-0.3, -0.25) is 4.79 Å². The van der Waals surface area contributed by atoms with E-state index in [-0.39, 0.29) is 19.1 Å². The maximum Gasteiger partial charge on any atom is 0.407 e. The summed E-state index contributed by atoms with van der Waals surface area (Å²) in [5.74, 6) is 1.27. The summed E-state index contributed by atoms with van der Waals surface area (Å²) in [5.41, 5.74) is 1.80. The highest BCUT2D eigenvalue weighted by molar-refractivity contribution is 5.82. The van der Waals surface area contributed by atoms with Gasteiger partial charge in [-0.2, -0.15) is 5.10 Å². The number of hydrogen-bond acceptors (Lipinski definition) is 7. The molecule has 1 fully saturated rings. The SMILES string of the molecule is Cc1ccn(-c2ccc(N3CCN(C(=O)CNC(=O)OCc4ccccc4)CC3)nn2)n1. The van der Waals surface area contributed by atoms with Crippen LogP contribution in [-0.2, 0) is 16.1 Å². The largest absolute Gasteiger partial charge is 0.445 e. The molecular formula is C22H25N7O3. The summed E-state index contributed by atoms with van der Waals surface area (Å²) in [4.78, 5) is 28.1. The van der Waals surface area contributed by atoms with E-state index in [9.17, 15) is 9.59 Å². The first kappa shape index (κ1) is 21.3. The number of alkyl carbamates (subject to hydrolysis) is 1. The van der Waals surface area contributed by atoms with Gasteiger partial charge in [0.15, 0.2) is 11.6 Å². The molecule has 10 nitrogen and oxygen atoms in total. The van der Waals surface area contributed by atoms with Gasteiger partial charge in [0, 0.05) is 32.4 Å². The van der Waals surface area contributed by atoms with Crippen molar-refractivity contribution in [3.63, 3.8) is 0 Å². The molecule has 0 spiro atoms. The number of carbonyl (C=O) groups is 2. The fourth-order valence-corrected chi connectivity index (χ4v) is 3.37. The van der Waals surface area contributed by atoms with Gasteiger partial charge in [-0.15, -0.1) is 10.2 Å². The molecule has 2 amide bonds. The number of piperazine rings is 1. The average Bonchev–Trinajstić information content (AvgIpc) is 3.28. The molecule has 3 aromatic rings. The number of hydrogen-bond donors (Lipinski definition) is 1. The number of rotatable bonds is 6. The van der Waals surface area contributed by atoms with E-state index in [2.05, 4.69) is 25.5 Å². The first-order valence-corrected chi connectivity index (χ1v) is 10.4. The second-order valence-corrected chi connectivity index (χ2v) is 7.43. The Balaban J connectivity index is 1.20. The zero-order valence-corrected chi connectivity index (χ0v) is 17.8. The Morgan fingerprint density at radius 1 is 0.969 bits per heavy atom. The third kappa shape index (κ3) is 5.39. The number of anilines is 1. The smallest absolute Gasteiger partial charge is 0.407 e. The second-order valence-electron chi connectivity index (χ2n) is 7.43. The molecule has 0 aliphatic carbocycles. The summed E-state index contributed by atoms with van der Waals surface area (Å²) in [6.45, 7) is 4.36. The van der Waals surface area contributed by atoms with Gasteiger partial charge in [-0.05, 0) is 30.7 Å². The van der Waals surface area contributed by atoms with Crippen molar-refractivity contribution in [2.45, 2.75) is 13.5 Å². The van der Waals surface area contributed by atoms with Gasteiger partial charge in [0.2, 0.25) is 5.91 Å². The van der Waals surface area contributed by atoms with E-state index in [1.165, 1.54) is 0 Å². The van der Waals surface area contributed by atoms with Crippen LogP contribution in [0.2, 0.25) is 0 Å². The Morgan fingerprint density at radius 3 is 2.34 bits per heavy atom. The lowest BCUT2D eigenvalue weighted by molar-refractivity contribution is -0.130. The summed E-state index contributed by atoms with van der Waals surface area (Å²) in [6, 6.07) is 15.1. The number of nitrogens with zero attached hydrogens (tertiary/aromatic N) is 6. The van der Waals surface area contributed by atoms with Gasteiger partial charge in [0.25, 0.3) is 0 Å². The highest BCUT2D eigenvalue weighted by atomic mass is 16.5. The summed E-state index contributed by atoms with van der Waals surface area (Å²) in [6.07, 6.45) is 1.23. The first-order chi connectivity index (χ1) is 15.6. The second kappa shape index (κ2) is 9.90. The minimum atomic E-state index is -0.608. The Kier molecular flexibility index (Phi) is 6.59. The van der Waals surface area contributed by atoms with Gasteiger partial charge >= 0.3 is 6.09 Å². The van der Waals surface area contributed by atoms with Crippen LogP contribution >= 0.6 is 0 Å². The maximum atomic E-state index is 12.4. The van der Waals surface area contributed by atoms with E-state index < -0.39 is 6.09 Å². The van der Waals surface area contributed by atoms with Crippen LogP contribution in [0.1, 0.15) is 11.3 Å². The fraction of sp³-hybridized carbons (Fsp3) is 0.318. The molecule has 0 radical (unpaired) electrons. The Labute approximate surface area is 185 Å². The van der Waals surface area contributed by atoms with Crippen LogP contribution in [0.15, 0.2) is 54.7 Å². The van der Waals surface area contributed by atoms with Gasteiger partial charge in [0.05, 0.1) is 5.69 Å². The molecule has 3 heterocycles. The van der Waals surface area contributed by atoms with Crippen LogP contribution in [0.3, 0.4) is 0 Å². The molecule has 0 unspecified atom stereocenters. The minimum Gasteiger partial charge on any atom is -0.445 e. The fourth-order valence-electron chi connectivity index (χ4n) is 3.37. The molecule has 0 bridgehead atoms. The molecule has 32 heavy (non-hydrogen) atoms. The monoisotopic (exact) mass is 435 g/mol. The van der Waals surface area contributed by atoms with Gasteiger partial charge in [-0.1, -0.05) is 30.3 Å². The van der Waals surface area contributed by atoms with Gasteiger partial charge in [0.1, 0.15) is 13.2 Å². The normalized spacial score (nSPS) is 13.7. The Hall–Kier alpha value is -3.95. The molecule has 0 atom stereocenters. The van der Waals surface area contributed by atoms with Crippen molar-refractivity contribution in [1.82, 2.24) is 30.2 Å². The molecule has 1 N–H and O–H groups in total. The molecule has 166 valence electrons. The highest BCUT2D eigenvalue weighted by Gasteiger charge is 2.22. The van der Waals surface area contributed by atoms with E-state index in [0.717, 1.165) is 17.1 Å². The summed E-state index contributed by atoms with van der Waals surface area (Å²) in [7, 11) is 0. The lowest BCUT2D eigenvalue weighted by Crippen LogP contribution is -2.51. The number of aromatic nitrogens is 4. The number of nitrogens with one attached hydrogen (secondary N) is 1.